The molecule has 1 aromatic carbocycles. The maximum atomic E-state index is 13.1. The maximum absolute atomic E-state index is 13.1. The Morgan fingerprint density at radius 3 is 2.43 bits per heavy atom. The lowest BCUT2D eigenvalue weighted by molar-refractivity contribution is 0.150. The third-order valence-corrected chi connectivity index (χ3v) is 4.87. The zero-order valence-corrected chi connectivity index (χ0v) is 13.2. The number of halogens is 2. The van der Waals surface area contributed by atoms with Gasteiger partial charge in [-0.05, 0) is 37.3 Å². The Bertz CT molecular complexity index is 567. The fraction of sp³-hybridized carbons (Fsp3) is 0.533. The second kappa shape index (κ2) is 7.10. The topological polar surface area (TPSA) is 66.9 Å². The molecule has 0 radical (unpaired) electrons. The van der Waals surface area contributed by atoms with Gasteiger partial charge in [-0.3, -0.25) is 5.14 Å². The second-order valence-electron chi connectivity index (χ2n) is 5.71. The molecule has 0 aliphatic rings. The second-order valence-corrected chi connectivity index (χ2v) is 7.41. The normalized spacial score (nSPS) is 14.8. The van der Waals surface area contributed by atoms with Crippen LogP contribution < -0.4 is 5.14 Å². The first-order chi connectivity index (χ1) is 9.70. The maximum Gasteiger partial charge on any atom is 0.264 e. The highest BCUT2D eigenvalue weighted by Gasteiger charge is 2.28. The Morgan fingerprint density at radius 2 is 1.95 bits per heavy atom. The molecular weight excluding hydrogens is 294 g/mol. The van der Waals surface area contributed by atoms with E-state index in [2.05, 4.69) is 0 Å². The lowest BCUT2D eigenvalue weighted by Gasteiger charge is -2.27. The largest absolute Gasteiger partial charge is 0.264 e. The van der Waals surface area contributed by atoms with Crippen molar-refractivity contribution in [1.29, 1.82) is 5.26 Å². The molecule has 2 atom stereocenters. The van der Waals surface area contributed by atoms with Crippen LogP contribution >= 0.6 is 0 Å². The molecule has 0 amide bonds. The highest BCUT2D eigenvalue weighted by molar-refractivity contribution is 7.84. The predicted molar refractivity (Wildman–Crippen MR) is 80.2 cm³/mol. The monoisotopic (exact) mass is 314 g/mol. The van der Waals surface area contributed by atoms with Crippen molar-refractivity contribution in [1.82, 2.24) is 0 Å². The minimum absolute atomic E-state index is 0.0632. The zero-order valence-electron chi connectivity index (χ0n) is 12.4. The van der Waals surface area contributed by atoms with Crippen LogP contribution in [0, 0.1) is 11.3 Å². The molecule has 0 fully saturated rings. The number of benzene rings is 1. The first-order valence-electron chi connectivity index (χ1n) is 6.63. The van der Waals surface area contributed by atoms with Gasteiger partial charge in [0.2, 0.25) is 0 Å². The summed E-state index contributed by atoms with van der Waals surface area (Å²) < 4.78 is 37.1. The van der Waals surface area contributed by atoms with E-state index in [1.54, 1.807) is 26.0 Å². The van der Waals surface area contributed by atoms with Gasteiger partial charge in [0.1, 0.15) is 0 Å². The minimum atomic E-state index is -2.61. The summed E-state index contributed by atoms with van der Waals surface area (Å²) in [5, 5.41) is 14.4. The van der Waals surface area contributed by atoms with Crippen molar-refractivity contribution in [3.63, 3.8) is 0 Å². The molecule has 3 nitrogen and oxygen atoms in total. The van der Waals surface area contributed by atoms with Gasteiger partial charge < -0.3 is 0 Å². The fourth-order valence-electron chi connectivity index (χ4n) is 2.50. The Balaban J connectivity index is 3.21. The Labute approximate surface area is 126 Å². The van der Waals surface area contributed by atoms with Gasteiger partial charge in [-0.25, -0.2) is 13.0 Å². The zero-order chi connectivity index (χ0) is 16.2. The van der Waals surface area contributed by atoms with Crippen molar-refractivity contribution in [2.75, 3.05) is 0 Å². The Hall–Kier alpha value is -1.32. The van der Waals surface area contributed by atoms with Crippen LogP contribution in [0.1, 0.15) is 56.2 Å². The molecule has 0 heterocycles. The number of hydrogen-bond acceptors (Lipinski definition) is 2. The summed E-state index contributed by atoms with van der Waals surface area (Å²) in [5.41, 5.74) is 0.974. The third-order valence-electron chi connectivity index (χ3n) is 3.61. The third kappa shape index (κ3) is 4.32. The van der Waals surface area contributed by atoms with Crippen LogP contribution in [0.15, 0.2) is 18.2 Å². The van der Waals surface area contributed by atoms with Gasteiger partial charge in [-0.15, -0.1) is 0 Å². The number of nitriles is 1. The summed E-state index contributed by atoms with van der Waals surface area (Å²) in [6.07, 6.45) is -2.19. The Morgan fingerprint density at radius 1 is 1.38 bits per heavy atom. The molecule has 0 spiro atoms. The summed E-state index contributed by atoms with van der Waals surface area (Å²) >= 11 is 0. The van der Waals surface area contributed by atoms with E-state index in [1.165, 1.54) is 6.07 Å². The molecule has 116 valence electrons. The van der Waals surface area contributed by atoms with E-state index in [1.807, 2.05) is 13.0 Å². The number of hydrogen-bond donors (Lipinski definition) is 1. The van der Waals surface area contributed by atoms with Crippen LogP contribution in [0.4, 0.5) is 8.78 Å². The summed E-state index contributed by atoms with van der Waals surface area (Å²) in [5.74, 6) is -0.116. The van der Waals surface area contributed by atoms with Crippen molar-refractivity contribution in [2.45, 2.75) is 50.7 Å². The fourth-order valence-corrected chi connectivity index (χ4v) is 2.92. The van der Waals surface area contributed by atoms with Gasteiger partial charge in [0.25, 0.3) is 6.43 Å². The van der Waals surface area contributed by atoms with Gasteiger partial charge in [0.05, 0.1) is 28.2 Å². The van der Waals surface area contributed by atoms with Gasteiger partial charge in [-0.2, -0.15) is 5.26 Å². The molecule has 2 N–H and O–H groups in total. The average Bonchev–Trinajstić information content (AvgIpc) is 2.38. The van der Waals surface area contributed by atoms with Gasteiger partial charge >= 0.3 is 0 Å². The van der Waals surface area contributed by atoms with Gasteiger partial charge in [0.15, 0.2) is 0 Å². The molecule has 0 aliphatic heterocycles. The van der Waals surface area contributed by atoms with Crippen LogP contribution in [-0.4, -0.2) is 8.96 Å². The first-order valence-corrected chi connectivity index (χ1v) is 7.85. The van der Waals surface area contributed by atoms with E-state index in [0.717, 1.165) is 0 Å². The summed E-state index contributed by atoms with van der Waals surface area (Å²) in [4.78, 5) is 0. The highest BCUT2D eigenvalue weighted by Crippen LogP contribution is 2.34. The molecule has 1 rings (SSSR count). The molecule has 1 aromatic rings. The van der Waals surface area contributed by atoms with Crippen molar-refractivity contribution in [3.8, 4) is 6.07 Å². The van der Waals surface area contributed by atoms with Crippen LogP contribution in [0.3, 0.4) is 0 Å². The standard InChI is InChI=1S/C15H20F2N2OS/c1-10(9-15(2,3)21(19)20)11-5-4-6-13(14(16)17)12(11)7-8-18/h4-6,10,14H,7,9,19H2,1-3H3/t10-,21?/m1/s1. The van der Waals surface area contributed by atoms with E-state index in [-0.39, 0.29) is 17.9 Å². The van der Waals surface area contributed by atoms with Gasteiger partial charge in [-0.1, -0.05) is 25.1 Å². The van der Waals surface area contributed by atoms with E-state index >= 15 is 0 Å². The van der Waals surface area contributed by atoms with Gasteiger partial charge in [0, 0.05) is 5.56 Å². The first kappa shape index (κ1) is 17.7. The number of nitrogens with zero attached hydrogens (tertiary/aromatic N) is 1. The molecule has 0 bridgehead atoms. The van der Waals surface area contributed by atoms with Crippen LogP contribution in [0.5, 0.6) is 0 Å². The predicted octanol–water partition coefficient (Wildman–Crippen LogP) is 3.58. The lowest BCUT2D eigenvalue weighted by atomic mass is 9.86. The van der Waals surface area contributed by atoms with E-state index in [0.29, 0.717) is 17.5 Å². The van der Waals surface area contributed by atoms with Crippen molar-refractivity contribution in [2.24, 2.45) is 5.14 Å². The summed E-state index contributed by atoms with van der Waals surface area (Å²) in [6, 6.07) is 6.61. The van der Waals surface area contributed by atoms with E-state index < -0.39 is 22.2 Å². The number of rotatable bonds is 6. The number of alkyl halides is 2. The molecule has 0 aliphatic carbocycles. The molecule has 0 aromatic heterocycles. The quantitative estimate of drug-likeness (QED) is 0.872. The number of nitrogens with two attached hydrogens (primary N) is 1. The van der Waals surface area contributed by atoms with E-state index in [9.17, 15) is 13.0 Å². The highest BCUT2D eigenvalue weighted by atomic mass is 32.2. The van der Waals surface area contributed by atoms with Crippen LogP contribution in [0.25, 0.3) is 0 Å². The van der Waals surface area contributed by atoms with Crippen molar-refractivity contribution < 1.29 is 13.0 Å². The molecular formula is C15H20F2N2OS. The summed E-state index contributed by atoms with van der Waals surface area (Å²) in [7, 11) is -1.51. The summed E-state index contributed by atoms with van der Waals surface area (Å²) in [6.45, 7) is 5.43. The molecule has 0 saturated heterocycles. The van der Waals surface area contributed by atoms with Crippen LogP contribution in [-0.2, 0) is 17.4 Å². The van der Waals surface area contributed by atoms with E-state index in [4.69, 9.17) is 10.4 Å². The molecule has 0 saturated carbocycles. The SMILES string of the molecule is C[C@H](CC(C)(C)S(N)=O)c1cccc(C(F)F)c1CC#N. The van der Waals surface area contributed by atoms with Crippen LogP contribution in [0.2, 0.25) is 0 Å². The van der Waals surface area contributed by atoms with Crippen molar-refractivity contribution in [3.05, 3.63) is 34.9 Å². The molecule has 1 unspecified atom stereocenters. The minimum Gasteiger partial charge on any atom is -0.251 e. The Kier molecular flexibility index (Phi) is 5.99. The molecule has 21 heavy (non-hydrogen) atoms. The lowest BCUT2D eigenvalue weighted by Crippen LogP contribution is -2.33. The molecule has 6 heteroatoms. The average molecular weight is 314 g/mol. The van der Waals surface area contributed by atoms with Crippen molar-refractivity contribution >= 4 is 11.0 Å². The smallest absolute Gasteiger partial charge is 0.251 e.